The summed E-state index contributed by atoms with van der Waals surface area (Å²) in [5, 5.41) is 0. The lowest BCUT2D eigenvalue weighted by atomic mass is 9.58. The molecule has 1 aromatic heterocycles. The van der Waals surface area contributed by atoms with Crippen molar-refractivity contribution in [1.29, 1.82) is 0 Å². The molecule has 3 heteroatoms. The number of aryl methyl sites for hydroxylation is 1. The van der Waals surface area contributed by atoms with Crippen molar-refractivity contribution in [1.82, 2.24) is 0 Å². The van der Waals surface area contributed by atoms with Gasteiger partial charge in [-0.25, -0.2) is 8.78 Å². The number of pyridine rings is 1. The molecule has 0 fully saturated rings. The number of hydrogen-bond acceptors (Lipinski definition) is 0. The Morgan fingerprint density at radius 3 is 2.40 bits per heavy atom. The maximum Gasteiger partial charge on any atom is 0.219 e. The summed E-state index contributed by atoms with van der Waals surface area (Å²) >= 11 is 0. The largest absolute Gasteiger partial charge is 0.219 e. The van der Waals surface area contributed by atoms with Gasteiger partial charge in [0.05, 0.1) is 11.0 Å². The first kappa shape index (κ1) is 18.0. The monoisotopic (exact) mass is 344 g/mol. The van der Waals surface area contributed by atoms with Gasteiger partial charge >= 0.3 is 0 Å². The molecule has 0 aliphatic carbocycles. The van der Waals surface area contributed by atoms with Crippen molar-refractivity contribution in [2.24, 2.45) is 0 Å². The Morgan fingerprint density at radius 2 is 1.80 bits per heavy atom. The van der Waals surface area contributed by atoms with E-state index in [9.17, 15) is 8.78 Å². The molecule has 1 aliphatic rings. The van der Waals surface area contributed by atoms with Gasteiger partial charge in [0.2, 0.25) is 5.69 Å². The number of fused-ring (bicyclic) bond motifs is 3. The van der Waals surface area contributed by atoms with Crippen LogP contribution in [0.15, 0.2) is 30.5 Å². The highest BCUT2D eigenvalue weighted by molar-refractivity contribution is 5.68. The molecule has 0 N–H and O–H groups in total. The van der Waals surface area contributed by atoms with E-state index in [1.165, 1.54) is 0 Å². The van der Waals surface area contributed by atoms with Gasteiger partial charge in [0.25, 0.3) is 0 Å². The number of halogens is 2. The molecular formula is C22H28F2N+. The summed E-state index contributed by atoms with van der Waals surface area (Å²) in [5.74, 6) is -0.946. The summed E-state index contributed by atoms with van der Waals surface area (Å²) in [4.78, 5) is 0. The van der Waals surface area contributed by atoms with Crippen molar-refractivity contribution in [2.75, 3.05) is 0 Å². The summed E-state index contributed by atoms with van der Waals surface area (Å²) in [6, 6.07) is 6.64. The standard InChI is InChI=1S/C22H28F2N/c1-6-11-22(8-3)21(5,7-2)17-13-16(23)14-18(24)19(17)20-15(4)10-9-12-25(20)22/h9-10,12-14H,6-8,11H2,1-5H3/q+1. The first-order valence-corrected chi connectivity index (χ1v) is 9.38. The molecule has 0 saturated heterocycles. The Bertz CT molecular complexity index is 814. The predicted octanol–water partition coefficient (Wildman–Crippen LogP) is 5.81. The lowest BCUT2D eigenvalue weighted by Crippen LogP contribution is -2.69. The minimum atomic E-state index is -0.487. The molecule has 3 rings (SSSR count). The molecule has 2 atom stereocenters. The molecule has 1 aliphatic heterocycles. The number of hydrogen-bond donors (Lipinski definition) is 0. The maximum atomic E-state index is 15.0. The first-order chi connectivity index (χ1) is 11.9. The molecule has 1 aromatic carbocycles. The van der Waals surface area contributed by atoms with Crippen molar-refractivity contribution in [3.8, 4) is 11.3 Å². The Hall–Kier alpha value is -1.77. The molecule has 0 bridgehead atoms. The second-order valence-corrected chi connectivity index (χ2v) is 7.54. The summed E-state index contributed by atoms with van der Waals surface area (Å²) in [5.41, 5.74) is 2.80. The van der Waals surface area contributed by atoms with Crippen LogP contribution in [0.5, 0.6) is 0 Å². The van der Waals surface area contributed by atoms with E-state index in [0.717, 1.165) is 48.6 Å². The second kappa shape index (κ2) is 6.19. The molecule has 25 heavy (non-hydrogen) atoms. The van der Waals surface area contributed by atoms with Gasteiger partial charge in [-0.05, 0) is 44.4 Å². The van der Waals surface area contributed by atoms with Crippen LogP contribution in [0.25, 0.3) is 11.3 Å². The average Bonchev–Trinajstić information content (AvgIpc) is 2.58. The van der Waals surface area contributed by atoms with Crippen LogP contribution in [-0.4, -0.2) is 0 Å². The normalized spacial score (nSPS) is 24.8. The zero-order chi connectivity index (χ0) is 18.4. The number of aromatic nitrogens is 1. The zero-order valence-electron chi connectivity index (χ0n) is 15.9. The molecule has 2 unspecified atom stereocenters. The Labute approximate surface area is 149 Å². The zero-order valence-corrected chi connectivity index (χ0v) is 15.9. The van der Waals surface area contributed by atoms with E-state index in [2.05, 4.69) is 38.5 Å². The third-order valence-corrected chi connectivity index (χ3v) is 6.53. The van der Waals surface area contributed by atoms with E-state index < -0.39 is 11.6 Å². The maximum absolute atomic E-state index is 15.0. The Morgan fingerprint density at radius 1 is 1.08 bits per heavy atom. The molecule has 0 spiro atoms. The molecule has 0 saturated carbocycles. The Kier molecular flexibility index (Phi) is 4.47. The van der Waals surface area contributed by atoms with Crippen molar-refractivity contribution < 1.29 is 13.3 Å². The Balaban J connectivity index is 2.52. The quantitative estimate of drug-likeness (QED) is 0.616. The molecule has 2 heterocycles. The highest BCUT2D eigenvalue weighted by atomic mass is 19.1. The predicted molar refractivity (Wildman–Crippen MR) is 97.5 cm³/mol. The second-order valence-electron chi connectivity index (χ2n) is 7.54. The number of nitrogens with zero attached hydrogens (tertiary/aromatic N) is 1. The number of rotatable bonds is 4. The van der Waals surface area contributed by atoms with E-state index in [-0.39, 0.29) is 11.0 Å². The van der Waals surface area contributed by atoms with Gasteiger partial charge < -0.3 is 0 Å². The first-order valence-electron chi connectivity index (χ1n) is 9.38. The molecule has 134 valence electrons. The SMILES string of the molecule is CCCC1(CC)[n+]2cccc(C)c2-c2c(F)cc(F)cc2C1(C)CC. The fourth-order valence-electron chi connectivity index (χ4n) is 5.12. The molecule has 0 radical (unpaired) electrons. The van der Waals surface area contributed by atoms with Gasteiger partial charge in [-0.15, -0.1) is 0 Å². The van der Waals surface area contributed by atoms with Crippen LogP contribution in [0.3, 0.4) is 0 Å². The third kappa shape index (κ3) is 2.28. The highest BCUT2D eigenvalue weighted by Crippen LogP contribution is 2.52. The molecule has 0 amide bonds. The van der Waals surface area contributed by atoms with Gasteiger partial charge in [-0.2, -0.15) is 4.57 Å². The van der Waals surface area contributed by atoms with Crippen molar-refractivity contribution in [3.63, 3.8) is 0 Å². The van der Waals surface area contributed by atoms with Crippen molar-refractivity contribution >= 4 is 0 Å². The fourth-order valence-corrected chi connectivity index (χ4v) is 5.12. The van der Waals surface area contributed by atoms with Crippen LogP contribution < -0.4 is 4.57 Å². The highest BCUT2D eigenvalue weighted by Gasteiger charge is 2.59. The van der Waals surface area contributed by atoms with Crippen LogP contribution in [0.1, 0.15) is 64.5 Å². The molecular weight excluding hydrogens is 316 g/mol. The van der Waals surface area contributed by atoms with E-state index in [1.807, 2.05) is 19.1 Å². The van der Waals surface area contributed by atoms with E-state index in [0.29, 0.717) is 5.56 Å². The third-order valence-electron chi connectivity index (χ3n) is 6.53. The summed E-state index contributed by atoms with van der Waals surface area (Å²) < 4.78 is 31.5. The molecule has 2 aromatic rings. The van der Waals surface area contributed by atoms with Crippen molar-refractivity contribution in [3.05, 3.63) is 53.2 Å². The lowest BCUT2D eigenvalue weighted by Gasteiger charge is -2.48. The minimum Gasteiger partial charge on any atom is -0.207 e. The topological polar surface area (TPSA) is 3.88 Å². The molecule has 1 nitrogen and oxygen atoms in total. The summed E-state index contributed by atoms with van der Waals surface area (Å²) in [6.07, 6.45) is 5.84. The van der Waals surface area contributed by atoms with E-state index >= 15 is 0 Å². The summed E-state index contributed by atoms with van der Waals surface area (Å²) in [6.45, 7) is 10.7. The van der Waals surface area contributed by atoms with Gasteiger partial charge in [-0.3, -0.25) is 0 Å². The summed E-state index contributed by atoms with van der Waals surface area (Å²) in [7, 11) is 0. The van der Waals surface area contributed by atoms with Crippen LogP contribution in [0.2, 0.25) is 0 Å². The van der Waals surface area contributed by atoms with E-state index in [4.69, 9.17) is 0 Å². The smallest absolute Gasteiger partial charge is 0.207 e. The van der Waals surface area contributed by atoms with Gasteiger partial charge in [0, 0.05) is 30.5 Å². The fraction of sp³-hybridized carbons (Fsp3) is 0.500. The van der Waals surface area contributed by atoms with E-state index in [1.54, 1.807) is 6.07 Å². The average molecular weight is 344 g/mol. The van der Waals surface area contributed by atoms with Crippen LogP contribution in [0.4, 0.5) is 8.78 Å². The van der Waals surface area contributed by atoms with Crippen LogP contribution in [-0.2, 0) is 11.0 Å². The lowest BCUT2D eigenvalue weighted by molar-refractivity contribution is -0.770. The van der Waals surface area contributed by atoms with Gasteiger partial charge in [0.15, 0.2) is 11.7 Å². The van der Waals surface area contributed by atoms with Crippen molar-refractivity contribution in [2.45, 2.75) is 71.3 Å². The van der Waals surface area contributed by atoms with Crippen LogP contribution >= 0.6 is 0 Å². The van der Waals surface area contributed by atoms with Crippen LogP contribution in [0, 0.1) is 18.6 Å². The van der Waals surface area contributed by atoms with Gasteiger partial charge in [-0.1, -0.05) is 20.8 Å². The number of benzene rings is 1. The minimum absolute atomic E-state index is 0.189. The van der Waals surface area contributed by atoms with Gasteiger partial charge in [0.1, 0.15) is 11.6 Å².